The van der Waals surface area contributed by atoms with Crippen LogP contribution in [0.4, 0.5) is 18.9 Å². The molecule has 1 N–H and O–H groups in total. The summed E-state index contributed by atoms with van der Waals surface area (Å²) < 4.78 is 41.6. The van der Waals surface area contributed by atoms with Crippen LogP contribution >= 0.6 is 0 Å². The number of Topliss-reactive ketones (excluding diaryl/α,β-unsaturated/α-hetero) is 1. The van der Waals surface area contributed by atoms with E-state index < -0.39 is 47.6 Å². The third-order valence-electron chi connectivity index (χ3n) is 6.73. The van der Waals surface area contributed by atoms with E-state index in [1.54, 1.807) is 42.5 Å². The van der Waals surface area contributed by atoms with Crippen molar-refractivity contribution >= 4 is 34.8 Å². The molecule has 6 rings (SSSR count). The summed E-state index contributed by atoms with van der Waals surface area (Å²) in [6.07, 6.45) is -3.40. The van der Waals surface area contributed by atoms with E-state index in [1.165, 1.54) is 6.20 Å². The fraction of sp³-hybridized carbons (Fsp3) is 0.148. The molecule has 0 unspecified atom stereocenters. The van der Waals surface area contributed by atoms with Crippen LogP contribution in [0.3, 0.4) is 0 Å². The van der Waals surface area contributed by atoms with Crippen molar-refractivity contribution in [2.45, 2.75) is 12.4 Å². The van der Waals surface area contributed by atoms with Gasteiger partial charge in [-0.25, -0.2) is 4.90 Å². The summed E-state index contributed by atoms with van der Waals surface area (Å²) in [5.74, 6) is -5.03. The topological polar surface area (TPSA) is 109 Å². The third kappa shape index (κ3) is 3.58. The summed E-state index contributed by atoms with van der Waals surface area (Å²) in [6, 6.07) is 14.8. The Morgan fingerprint density at radius 2 is 1.55 bits per heavy atom. The molecule has 1 aliphatic carbocycles. The van der Waals surface area contributed by atoms with Crippen LogP contribution in [0.25, 0.3) is 5.76 Å². The molecule has 1 aromatic heterocycles. The molecule has 11 heteroatoms. The number of nitrogens with zero attached hydrogens (tertiary/aromatic N) is 3. The van der Waals surface area contributed by atoms with Gasteiger partial charge in [-0.1, -0.05) is 30.3 Å². The lowest BCUT2D eigenvalue weighted by molar-refractivity contribution is -0.274. The SMILES string of the molecule is O=C1C(C2=N[C@H](c3ccccn3)[C@H]3C(=O)N(c4ccc(OC(F)(F)F)cc4)C(=O)[C@H]23)=C(O)c2ccccc21. The van der Waals surface area contributed by atoms with Crippen LogP contribution in [0.1, 0.15) is 27.7 Å². The van der Waals surface area contributed by atoms with E-state index in [4.69, 9.17) is 0 Å². The Morgan fingerprint density at radius 1 is 0.868 bits per heavy atom. The average molecular weight is 519 g/mol. The van der Waals surface area contributed by atoms with Crippen LogP contribution < -0.4 is 9.64 Å². The predicted octanol–water partition coefficient (Wildman–Crippen LogP) is 4.45. The maximum Gasteiger partial charge on any atom is 0.573 e. The van der Waals surface area contributed by atoms with Crippen LogP contribution in [-0.2, 0) is 9.59 Å². The number of amides is 2. The highest BCUT2D eigenvalue weighted by Gasteiger charge is 2.59. The molecule has 8 nitrogen and oxygen atoms in total. The number of aliphatic hydroxyl groups is 1. The molecule has 3 aliphatic rings. The number of rotatable bonds is 4. The largest absolute Gasteiger partial charge is 0.573 e. The number of fused-ring (bicyclic) bond motifs is 2. The van der Waals surface area contributed by atoms with Crippen LogP contribution in [0.5, 0.6) is 5.75 Å². The van der Waals surface area contributed by atoms with Crippen molar-refractivity contribution in [2.75, 3.05) is 4.90 Å². The van der Waals surface area contributed by atoms with Gasteiger partial charge in [0.2, 0.25) is 11.8 Å². The number of ether oxygens (including phenoxy) is 1. The highest BCUT2D eigenvalue weighted by atomic mass is 19.4. The number of aliphatic hydroxyl groups excluding tert-OH is 1. The second-order valence-corrected chi connectivity index (χ2v) is 8.87. The Balaban J connectivity index is 1.43. The number of ketones is 1. The molecule has 190 valence electrons. The molecule has 0 spiro atoms. The van der Waals surface area contributed by atoms with Crippen molar-refractivity contribution < 1.29 is 37.4 Å². The minimum atomic E-state index is -4.90. The summed E-state index contributed by atoms with van der Waals surface area (Å²) in [5.41, 5.74) is 0.773. The molecule has 0 bridgehead atoms. The zero-order chi connectivity index (χ0) is 26.8. The Morgan fingerprint density at radius 3 is 2.18 bits per heavy atom. The average Bonchev–Trinajstić information content (AvgIpc) is 3.49. The molecule has 2 amide bonds. The number of aliphatic imine (C=N–C) groups is 1. The molecule has 2 aromatic carbocycles. The number of benzene rings is 2. The van der Waals surface area contributed by atoms with E-state index in [0.717, 1.165) is 29.2 Å². The number of allylic oxidation sites excluding steroid dienone is 1. The lowest BCUT2D eigenvalue weighted by Crippen LogP contribution is -2.33. The van der Waals surface area contributed by atoms with Gasteiger partial charge in [0.15, 0.2) is 5.78 Å². The number of carbonyl (C=O) groups excluding carboxylic acids is 3. The number of hydrogen-bond donors (Lipinski definition) is 1. The smallest absolute Gasteiger partial charge is 0.506 e. The Hall–Kier alpha value is -4.80. The number of imide groups is 1. The van der Waals surface area contributed by atoms with Gasteiger partial charge in [0.05, 0.1) is 34.5 Å². The summed E-state index contributed by atoms with van der Waals surface area (Å²) in [4.78, 5) is 50.4. The van der Waals surface area contributed by atoms with E-state index >= 15 is 0 Å². The monoisotopic (exact) mass is 519 g/mol. The Kier molecular flexibility index (Phi) is 5.20. The maximum absolute atomic E-state index is 13.7. The Bertz CT molecular complexity index is 1560. The molecule has 2 aliphatic heterocycles. The highest BCUT2D eigenvalue weighted by Crippen LogP contribution is 2.49. The number of carbonyl (C=O) groups is 3. The summed E-state index contributed by atoms with van der Waals surface area (Å²) in [7, 11) is 0. The fourth-order valence-corrected chi connectivity index (χ4v) is 5.18. The Labute approximate surface area is 212 Å². The first kappa shape index (κ1) is 23.6. The lowest BCUT2D eigenvalue weighted by atomic mass is 9.84. The number of aromatic nitrogens is 1. The standard InChI is InChI=1S/C27H16F3N3O5/c28-27(29,30)38-14-10-8-13(9-11-14)33-25(36)18-19(26(33)37)22(32-21(18)17-7-3-4-12-31-17)20-23(34)15-5-1-2-6-16(15)24(20)35/h1-12,18-19,21,34H/t18-,19-,21+/m0/s1. The van der Waals surface area contributed by atoms with E-state index in [9.17, 15) is 32.7 Å². The normalized spacial score (nSPS) is 22.6. The van der Waals surface area contributed by atoms with Gasteiger partial charge in [-0.3, -0.25) is 24.4 Å². The van der Waals surface area contributed by atoms with Crippen LogP contribution in [0.2, 0.25) is 0 Å². The van der Waals surface area contributed by atoms with Crippen molar-refractivity contribution in [1.29, 1.82) is 0 Å². The molecule has 3 atom stereocenters. The molecule has 1 fully saturated rings. The number of pyridine rings is 1. The van der Waals surface area contributed by atoms with Crippen molar-refractivity contribution in [3.63, 3.8) is 0 Å². The van der Waals surface area contributed by atoms with Crippen molar-refractivity contribution in [3.8, 4) is 5.75 Å². The summed E-state index contributed by atoms with van der Waals surface area (Å²) in [5, 5.41) is 11.0. The summed E-state index contributed by atoms with van der Waals surface area (Å²) in [6.45, 7) is 0. The molecule has 0 saturated carbocycles. The van der Waals surface area contributed by atoms with Gasteiger partial charge in [-0.05, 0) is 36.4 Å². The number of alkyl halides is 3. The molecule has 1 saturated heterocycles. The van der Waals surface area contributed by atoms with Gasteiger partial charge in [-0.2, -0.15) is 0 Å². The van der Waals surface area contributed by atoms with Crippen molar-refractivity contribution in [2.24, 2.45) is 16.8 Å². The van der Waals surface area contributed by atoms with Crippen LogP contribution in [-0.4, -0.2) is 39.8 Å². The number of hydrogen-bond acceptors (Lipinski definition) is 7. The first-order chi connectivity index (χ1) is 18.2. The van der Waals surface area contributed by atoms with Crippen LogP contribution in [0, 0.1) is 11.8 Å². The van der Waals surface area contributed by atoms with Crippen molar-refractivity contribution in [3.05, 3.63) is 95.3 Å². The first-order valence-electron chi connectivity index (χ1n) is 11.5. The van der Waals surface area contributed by atoms with Gasteiger partial charge in [0, 0.05) is 17.3 Å². The molecule has 3 heterocycles. The fourth-order valence-electron chi connectivity index (χ4n) is 5.18. The summed E-state index contributed by atoms with van der Waals surface area (Å²) >= 11 is 0. The zero-order valence-electron chi connectivity index (χ0n) is 19.2. The first-order valence-corrected chi connectivity index (χ1v) is 11.5. The highest BCUT2D eigenvalue weighted by molar-refractivity contribution is 6.42. The van der Waals surface area contributed by atoms with E-state index in [1.807, 2.05) is 0 Å². The second-order valence-electron chi connectivity index (χ2n) is 8.87. The van der Waals surface area contributed by atoms with Gasteiger partial charge in [0.1, 0.15) is 17.6 Å². The number of halogens is 3. The van der Waals surface area contributed by atoms with Gasteiger partial charge in [-0.15, -0.1) is 13.2 Å². The van der Waals surface area contributed by atoms with Crippen LogP contribution in [0.15, 0.2) is 83.5 Å². The molecule has 38 heavy (non-hydrogen) atoms. The number of anilines is 1. The minimum absolute atomic E-state index is 0.0257. The lowest BCUT2D eigenvalue weighted by Gasteiger charge is -2.18. The predicted molar refractivity (Wildman–Crippen MR) is 127 cm³/mol. The third-order valence-corrected chi connectivity index (χ3v) is 6.73. The van der Waals surface area contributed by atoms with E-state index in [0.29, 0.717) is 11.3 Å². The molecule has 0 radical (unpaired) electrons. The molecular formula is C27H16F3N3O5. The van der Waals surface area contributed by atoms with Gasteiger partial charge < -0.3 is 9.84 Å². The molecular weight excluding hydrogens is 503 g/mol. The van der Waals surface area contributed by atoms with Gasteiger partial charge >= 0.3 is 6.36 Å². The molecule has 3 aromatic rings. The van der Waals surface area contributed by atoms with E-state index in [-0.39, 0.29) is 28.3 Å². The minimum Gasteiger partial charge on any atom is -0.506 e. The van der Waals surface area contributed by atoms with Crippen molar-refractivity contribution in [1.82, 2.24) is 4.98 Å². The van der Waals surface area contributed by atoms with Gasteiger partial charge in [0.25, 0.3) is 0 Å². The zero-order valence-corrected chi connectivity index (χ0v) is 19.2. The maximum atomic E-state index is 13.7. The van der Waals surface area contributed by atoms with E-state index in [2.05, 4.69) is 14.7 Å². The second kappa shape index (κ2) is 8.37. The quantitative estimate of drug-likeness (QED) is 0.511.